The van der Waals surface area contributed by atoms with Crippen molar-refractivity contribution in [3.05, 3.63) is 0 Å². The number of carbonyl (C=O) groups is 2. The quantitative estimate of drug-likeness (QED) is 0.681. The SMILES string of the molecule is CCC(=O)OC(C)(C)C(=O)OC(C)(C)CC. The van der Waals surface area contributed by atoms with Crippen molar-refractivity contribution in [3.63, 3.8) is 0 Å². The summed E-state index contributed by atoms with van der Waals surface area (Å²) < 4.78 is 10.3. The van der Waals surface area contributed by atoms with Gasteiger partial charge in [-0.15, -0.1) is 0 Å². The Balaban J connectivity index is 4.52. The lowest BCUT2D eigenvalue weighted by molar-refractivity contribution is -0.187. The van der Waals surface area contributed by atoms with E-state index >= 15 is 0 Å². The number of hydrogen-bond acceptors (Lipinski definition) is 4. The van der Waals surface area contributed by atoms with Gasteiger partial charge >= 0.3 is 11.9 Å². The van der Waals surface area contributed by atoms with Crippen LogP contribution in [0.2, 0.25) is 0 Å². The van der Waals surface area contributed by atoms with Gasteiger partial charge in [-0.3, -0.25) is 4.79 Å². The van der Waals surface area contributed by atoms with E-state index in [0.29, 0.717) is 6.42 Å². The first kappa shape index (κ1) is 14.9. The maximum atomic E-state index is 11.8. The summed E-state index contributed by atoms with van der Waals surface area (Å²) in [5.41, 5.74) is -1.76. The van der Waals surface area contributed by atoms with E-state index in [1.54, 1.807) is 6.92 Å². The van der Waals surface area contributed by atoms with Gasteiger partial charge in [0.05, 0.1) is 0 Å². The van der Waals surface area contributed by atoms with Crippen LogP contribution in [0.15, 0.2) is 0 Å². The molecule has 0 N–H and O–H groups in total. The van der Waals surface area contributed by atoms with Gasteiger partial charge in [0.25, 0.3) is 0 Å². The Morgan fingerprint density at radius 1 is 1.00 bits per heavy atom. The van der Waals surface area contributed by atoms with Crippen LogP contribution in [0.4, 0.5) is 0 Å². The van der Waals surface area contributed by atoms with Crippen molar-refractivity contribution in [2.75, 3.05) is 0 Å². The third-order valence-electron chi connectivity index (χ3n) is 2.37. The zero-order valence-electron chi connectivity index (χ0n) is 11.0. The van der Waals surface area contributed by atoms with Crippen LogP contribution >= 0.6 is 0 Å². The lowest BCUT2D eigenvalue weighted by Crippen LogP contribution is -2.42. The Morgan fingerprint density at radius 2 is 1.50 bits per heavy atom. The van der Waals surface area contributed by atoms with Crippen LogP contribution in [0, 0.1) is 0 Å². The van der Waals surface area contributed by atoms with Gasteiger partial charge in [0.15, 0.2) is 0 Å². The fraction of sp³-hybridized carbons (Fsp3) is 0.833. The zero-order chi connectivity index (χ0) is 13.0. The summed E-state index contributed by atoms with van der Waals surface area (Å²) in [6.07, 6.45) is 0.949. The third-order valence-corrected chi connectivity index (χ3v) is 2.37. The Kier molecular flexibility index (Phi) is 4.97. The minimum atomic E-state index is -1.22. The minimum absolute atomic E-state index is 0.244. The molecule has 0 saturated carbocycles. The molecular formula is C12H22O4. The Labute approximate surface area is 97.3 Å². The van der Waals surface area contributed by atoms with E-state index in [1.807, 2.05) is 20.8 Å². The highest BCUT2D eigenvalue weighted by Gasteiger charge is 2.36. The largest absolute Gasteiger partial charge is 0.457 e. The summed E-state index contributed by atoms with van der Waals surface area (Å²) in [5.74, 6) is -0.919. The first-order chi connectivity index (χ1) is 7.14. The predicted molar refractivity (Wildman–Crippen MR) is 60.9 cm³/mol. The van der Waals surface area contributed by atoms with E-state index < -0.39 is 23.1 Å². The molecule has 0 heterocycles. The molecule has 0 aliphatic rings. The van der Waals surface area contributed by atoms with Crippen molar-refractivity contribution in [1.29, 1.82) is 0 Å². The lowest BCUT2D eigenvalue weighted by Gasteiger charge is -2.29. The number of hydrogen-bond donors (Lipinski definition) is 0. The smallest absolute Gasteiger partial charge is 0.350 e. The molecule has 4 heteroatoms. The average molecular weight is 230 g/mol. The van der Waals surface area contributed by atoms with Crippen LogP contribution in [-0.2, 0) is 19.1 Å². The van der Waals surface area contributed by atoms with Gasteiger partial charge in [0.1, 0.15) is 5.60 Å². The zero-order valence-corrected chi connectivity index (χ0v) is 11.0. The van der Waals surface area contributed by atoms with Gasteiger partial charge in [0, 0.05) is 6.42 Å². The normalized spacial score (nSPS) is 12.1. The Morgan fingerprint density at radius 3 is 1.88 bits per heavy atom. The van der Waals surface area contributed by atoms with Crippen molar-refractivity contribution in [2.24, 2.45) is 0 Å². The lowest BCUT2D eigenvalue weighted by atomic mass is 10.1. The summed E-state index contributed by atoms with van der Waals surface area (Å²) in [4.78, 5) is 22.9. The second kappa shape index (κ2) is 5.32. The topological polar surface area (TPSA) is 52.6 Å². The van der Waals surface area contributed by atoms with E-state index in [1.165, 1.54) is 13.8 Å². The molecule has 0 bridgehead atoms. The van der Waals surface area contributed by atoms with Gasteiger partial charge in [-0.1, -0.05) is 13.8 Å². The van der Waals surface area contributed by atoms with E-state index in [9.17, 15) is 9.59 Å². The van der Waals surface area contributed by atoms with Crippen LogP contribution in [-0.4, -0.2) is 23.1 Å². The molecule has 94 valence electrons. The monoisotopic (exact) mass is 230 g/mol. The highest BCUT2D eigenvalue weighted by atomic mass is 16.6. The van der Waals surface area contributed by atoms with Gasteiger partial charge in [-0.2, -0.15) is 0 Å². The summed E-state index contributed by atoms with van der Waals surface area (Å²) in [7, 11) is 0. The summed E-state index contributed by atoms with van der Waals surface area (Å²) in [6.45, 7) is 10.3. The number of rotatable bonds is 5. The van der Waals surface area contributed by atoms with E-state index in [2.05, 4.69) is 0 Å². The summed E-state index contributed by atoms with van der Waals surface area (Å²) in [5, 5.41) is 0. The van der Waals surface area contributed by atoms with Crippen LogP contribution in [0.1, 0.15) is 54.4 Å². The van der Waals surface area contributed by atoms with Crippen LogP contribution < -0.4 is 0 Å². The van der Waals surface area contributed by atoms with Crippen molar-refractivity contribution < 1.29 is 19.1 Å². The first-order valence-corrected chi connectivity index (χ1v) is 5.60. The first-order valence-electron chi connectivity index (χ1n) is 5.60. The highest BCUT2D eigenvalue weighted by Crippen LogP contribution is 2.20. The fourth-order valence-corrected chi connectivity index (χ4v) is 0.844. The molecule has 16 heavy (non-hydrogen) atoms. The molecular weight excluding hydrogens is 208 g/mol. The second-order valence-electron chi connectivity index (χ2n) is 4.84. The predicted octanol–water partition coefficient (Wildman–Crippen LogP) is 2.45. The highest BCUT2D eigenvalue weighted by molar-refractivity contribution is 5.82. The third kappa shape index (κ3) is 4.64. The standard InChI is InChI=1S/C12H22O4/c1-7-9(13)15-12(5,6)10(14)16-11(3,4)8-2/h7-8H2,1-6H3. The molecule has 0 saturated heterocycles. The Hall–Kier alpha value is -1.06. The van der Waals surface area contributed by atoms with Gasteiger partial charge in [-0.05, 0) is 34.1 Å². The molecule has 0 rings (SSSR count). The van der Waals surface area contributed by atoms with Crippen molar-refractivity contribution in [2.45, 2.75) is 65.6 Å². The van der Waals surface area contributed by atoms with E-state index in [4.69, 9.17) is 9.47 Å². The van der Waals surface area contributed by atoms with Gasteiger partial charge < -0.3 is 9.47 Å². The molecule has 0 fully saturated rings. The molecule has 0 amide bonds. The number of carbonyl (C=O) groups excluding carboxylic acids is 2. The van der Waals surface area contributed by atoms with Crippen molar-refractivity contribution in [1.82, 2.24) is 0 Å². The molecule has 4 nitrogen and oxygen atoms in total. The number of ether oxygens (including phenoxy) is 2. The molecule has 0 aliphatic heterocycles. The molecule has 0 spiro atoms. The average Bonchev–Trinajstić information content (AvgIpc) is 2.16. The van der Waals surface area contributed by atoms with Crippen LogP contribution in [0.25, 0.3) is 0 Å². The number of esters is 2. The van der Waals surface area contributed by atoms with Crippen LogP contribution in [0.5, 0.6) is 0 Å². The molecule has 0 radical (unpaired) electrons. The van der Waals surface area contributed by atoms with E-state index in [-0.39, 0.29) is 6.42 Å². The van der Waals surface area contributed by atoms with E-state index in [0.717, 1.165) is 0 Å². The summed E-state index contributed by atoms with van der Waals surface area (Å²) in [6, 6.07) is 0. The summed E-state index contributed by atoms with van der Waals surface area (Å²) >= 11 is 0. The molecule has 0 aromatic rings. The molecule has 0 unspecified atom stereocenters. The molecule has 0 aliphatic carbocycles. The fourth-order valence-electron chi connectivity index (χ4n) is 0.844. The van der Waals surface area contributed by atoms with Gasteiger partial charge in [0.2, 0.25) is 5.60 Å². The van der Waals surface area contributed by atoms with Gasteiger partial charge in [-0.25, -0.2) is 4.79 Å². The molecule has 0 aromatic heterocycles. The van der Waals surface area contributed by atoms with Crippen molar-refractivity contribution in [3.8, 4) is 0 Å². The van der Waals surface area contributed by atoms with Crippen LogP contribution in [0.3, 0.4) is 0 Å². The minimum Gasteiger partial charge on any atom is -0.457 e. The maximum absolute atomic E-state index is 11.8. The van der Waals surface area contributed by atoms with Crippen molar-refractivity contribution >= 4 is 11.9 Å². The second-order valence-corrected chi connectivity index (χ2v) is 4.84. The maximum Gasteiger partial charge on any atom is 0.350 e. The Bertz CT molecular complexity index is 266. The molecule has 0 atom stereocenters. The molecule has 0 aromatic carbocycles.